The average Bonchev–Trinajstić information content (AvgIpc) is 2.47. The van der Waals surface area contributed by atoms with Gasteiger partial charge in [0.2, 0.25) is 0 Å². The zero-order valence-electron chi connectivity index (χ0n) is 6.58. The van der Waals surface area contributed by atoms with Crippen molar-refractivity contribution >= 4 is 35.4 Å². The summed E-state index contributed by atoms with van der Waals surface area (Å²) in [7, 11) is 0. The first kappa shape index (κ1) is 9.29. The molecule has 0 saturated heterocycles. The second kappa shape index (κ2) is 4.28. The number of rotatable bonds is 3. The van der Waals surface area contributed by atoms with E-state index in [0.29, 0.717) is 5.76 Å². The van der Waals surface area contributed by atoms with Gasteiger partial charge in [0.05, 0.1) is 9.21 Å². The van der Waals surface area contributed by atoms with Gasteiger partial charge in [0.15, 0.2) is 5.76 Å². The lowest BCUT2D eigenvalue weighted by Gasteiger charge is -1.98. The minimum atomic E-state index is 0.682. The molecule has 12 heavy (non-hydrogen) atoms. The molecule has 0 spiro atoms. The fourth-order valence-corrected chi connectivity index (χ4v) is 1.81. The summed E-state index contributed by atoms with van der Waals surface area (Å²) in [5.74, 6) is 0.682. The number of halogens is 1. The zero-order chi connectivity index (χ0) is 8.97. The minimum Gasteiger partial charge on any atom is -0.356 e. The van der Waals surface area contributed by atoms with E-state index in [1.165, 1.54) is 11.3 Å². The van der Waals surface area contributed by atoms with Gasteiger partial charge in [-0.1, -0.05) is 16.8 Å². The van der Waals surface area contributed by atoms with Crippen LogP contribution >= 0.6 is 22.9 Å². The van der Waals surface area contributed by atoms with Gasteiger partial charge >= 0.3 is 0 Å². The molecule has 4 heteroatoms. The zero-order valence-corrected chi connectivity index (χ0v) is 8.15. The second-order valence-corrected chi connectivity index (χ2v) is 3.69. The van der Waals surface area contributed by atoms with Crippen LogP contribution in [0.15, 0.2) is 23.4 Å². The van der Waals surface area contributed by atoms with Crippen molar-refractivity contribution in [1.29, 1.82) is 0 Å². The summed E-state index contributed by atoms with van der Waals surface area (Å²) in [4.78, 5) is 5.87. The highest BCUT2D eigenvalue weighted by Crippen LogP contribution is 2.28. The van der Waals surface area contributed by atoms with Crippen molar-refractivity contribution in [1.82, 2.24) is 0 Å². The Bertz CT molecular complexity index is 306. The Balaban J connectivity index is 2.87. The van der Waals surface area contributed by atoms with Gasteiger partial charge < -0.3 is 4.84 Å². The van der Waals surface area contributed by atoms with Crippen molar-refractivity contribution in [2.24, 2.45) is 5.16 Å². The molecule has 0 bridgehead atoms. The lowest BCUT2D eigenvalue weighted by molar-refractivity contribution is 0.302. The number of oxime groups is 1. The number of allylic oxidation sites excluding steroid dienone is 1. The fraction of sp³-hybridized carbons (Fsp3) is 0.125. The number of thiophene rings is 1. The first-order valence-corrected chi connectivity index (χ1v) is 4.52. The van der Waals surface area contributed by atoms with Crippen LogP contribution < -0.4 is 0 Å². The van der Waals surface area contributed by atoms with Crippen LogP contribution in [0.2, 0.25) is 4.34 Å². The monoisotopic (exact) mass is 201 g/mol. The van der Waals surface area contributed by atoms with Crippen LogP contribution in [0.4, 0.5) is 0 Å². The van der Waals surface area contributed by atoms with Crippen molar-refractivity contribution in [3.05, 3.63) is 27.4 Å². The Hall–Kier alpha value is -0.800. The standard InChI is InChI=1S/C8H8ClNOS/c1-3-6(11-10-2)7-4-5-8(9)12-7/h3-5H,2H2,1H3/b6-3-. The summed E-state index contributed by atoms with van der Waals surface area (Å²) in [6.07, 6.45) is 1.82. The first-order chi connectivity index (χ1) is 5.77. The maximum Gasteiger partial charge on any atom is 0.170 e. The van der Waals surface area contributed by atoms with Crippen LogP contribution in [0.3, 0.4) is 0 Å². The predicted molar refractivity (Wildman–Crippen MR) is 53.6 cm³/mol. The quantitative estimate of drug-likeness (QED) is 0.417. The van der Waals surface area contributed by atoms with Crippen molar-refractivity contribution in [3.63, 3.8) is 0 Å². The molecule has 0 aliphatic rings. The van der Waals surface area contributed by atoms with E-state index in [4.69, 9.17) is 16.4 Å². The van der Waals surface area contributed by atoms with Crippen molar-refractivity contribution < 1.29 is 4.84 Å². The molecule has 1 aromatic heterocycles. The summed E-state index contributed by atoms with van der Waals surface area (Å²) in [6, 6.07) is 3.70. The summed E-state index contributed by atoms with van der Waals surface area (Å²) >= 11 is 7.20. The molecule has 0 aliphatic carbocycles. The highest BCUT2D eigenvalue weighted by Gasteiger charge is 2.04. The third-order valence-electron chi connectivity index (χ3n) is 1.24. The molecule has 0 saturated carbocycles. The molecular formula is C8H8ClNOS. The average molecular weight is 202 g/mol. The van der Waals surface area contributed by atoms with E-state index < -0.39 is 0 Å². The van der Waals surface area contributed by atoms with E-state index >= 15 is 0 Å². The molecule has 0 radical (unpaired) electrons. The van der Waals surface area contributed by atoms with Gasteiger partial charge in [-0.2, -0.15) is 0 Å². The van der Waals surface area contributed by atoms with E-state index in [0.717, 1.165) is 9.21 Å². The molecule has 0 aliphatic heterocycles. The van der Waals surface area contributed by atoms with Crippen LogP contribution in [0.25, 0.3) is 5.76 Å². The van der Waals surface area contributed by atoms with Crippen LogP contribution in [-0.2, 0) is 4.84 Å². The second-order valence-electron chi connectivity index (χ2n) is 1.98. The highest BCUT2D eigenvalue weighted by molar-refractivity contribution is 7.17. The Morgan fingerprint density at radius 3 is 2.92 bits per heavy atom. The Kier molecular flexibility index (Phi) is 3.31. The lowest BCUT2D eigenvalue weighted by Crippen LogP contribution is -1.79. The predicted octanol–water partition coefficient (Wildman–Crippen LogP) is 3.39. The molecule has 0 aromatic carbocycles. The third kappa shape index (κ3) is 2.09. The number of nitrogens with zero attached hydrogens (tertiary/aromatic N) is 1. The van der Waals surface area contributed by atoms with E-state index in [-0.39, 0.29) is 0 Å². The molecule has 0 unspecified atom stereocenters. The van der Waals surface area contributed by atoms with Crippen molar-refractivity contribution in [3.8, 4) is 0 Å². The minimum absolute atomic E-state index is 0.682. The van der Waals surface area contributed by atoms with Gasteiger partial charge in [-0.05, 0) is 25.1 Å². The van der Waals surface area contributed by atoms with E-state index in [1.807, 2.05) is 25.1 Å². The highest BCUT2D eigenvalue weighted by atomic mass is 35.5. The molecule has 1 aromatic rings. The van der Waals surface area contributed by atoms with E-state index in [1.54, 1.807) is 0 Å². The molecule has 1 heterocycles. The molecule has 1 rings (SSSR count). The summed E-state index contributed by atoms with van der Waals surface area (Å²) in [6.45, 7) is 5.11. The van der Waals surface area contributed by atoms with Gasteiger partial charge in [0, 0.05) is 6.72 Å². The topological polar surface area (TPSA) is 21.6 Å². The molecular weight excluding hydrogens is 194 g/mol. The van der Waals surface area contributed by atoms with Gasteiger partial charge in [-0.25, -0.2) is 0 Å². The molecule has 0 fully saturated rings. The maximum absolute atomic E-state index is 5.75. The molecule has 2 nitrogen and oxygen atoms in total. The molecule has 0 amide bonds. The third-order valence-corrected chi connectivity index (χ3v) is 2.49. The van der Waals surface area contributed by atoms with Crippen LogP contribution in [0, 0.1) is 0 Å². The SMILES string of the molecule is C=NO/C(=C\C)c1ccc(Cl)s1. The van der Waals surface area contributed by atoms with Crippen LogP contribution in [0.1, 0.15) is 11.8 Å². The largest absolute Gasteiger partial charge is 0.356 e. The van der Waals surface area contributed by atoms with E-state index in [9.17, 15) is 0 Å². The normalized spacial score (nSPS) is 11.3. The summed E-state index contributed by atoms with van der Waals surface area (Å²) in [5, 5.41) is 3.34. The first-order valence-electron chi connectivity index (χ1n) is 3.33. The smallest absolute Gasteiger partial charge is 0.170 e. The van der Waals surface area contributed by atoms with Crippen molar-refractivity contribution in [2.45, 2.75) is 6.92 Å². The van der Waals surface area contributed by atoms with Crippen LogP contribution in [-0.4, -0.2) is 6.72 Å². The number of hydrogen-bond donors (Lipinski definition) is 0. The van der Waals surface area contributed by atoms with Gasteiger partial charge in [0.1, 0.15) is 0 Å². The summed E-state index contributed by atoms with van der Waals surface area (Å²) in [5.41, 5.74) is 0. The Morgan fingerprint density at radius 2 is 2.50 bits per heavy atom. The Morgan fingerprint density at radius 1 is 1.75 bits per heavy atom. The summed E-state index contributed by atoms with van der Waals surface area (Å²) < 4.78 is 0.733. The van der Waals surface area contributed by atoms with E-state index in [2.05, 4.69) is 11.9 Å². The van der Waals surface area contributed by atoms with Crippen LogP contribution in [0.5, 0.6) is 0 Å². The fourth-order valence-electron chi connectivity index (χ4n) is 0.756. The molecule has 0 N–H and O–H groups in total. The van der Waals surface area contributed by atoms with Gasteiger partial charge in [-0.15, -0.1) is 11.3 Å². The van der Waals surface area contributed by atoms with Gasteiger partial charge in [0.25, 0.3) is 0 Å². The van der Waals surface area contributed by atoms with Crippen molar-refractivity contribution in [2.75, 3.05) is 0 Å². The molecule has 0 atom stereocenters. The Labute approximate surface area is 80.1 Å². The lowest BCUT2D eigenvalue weighted by atomic mass is 10.4. The molecule has 64 valence electrons. The maximum atomic E-state index is 5.75. The number of hydrogen-bond acceptors (Lipinski definition) is 3. The van der Waals surface area contributed by atoms with Gasteiger partial charge in [-0.3, -0.25) is 0 Å².